The number of carbonyl (C=O) groups is 1. The number of rotatable bonds is 8. The Morgan fingerprint density at radius 3 is 2.63 bits per heavy atom. The maximum atomic E-state index is 12.9. The highest BCUT2D eigenvalue weighted by molar-refractivity contribution is 9.10. The van der Waals surface area contributed by atoms with E-state index in [2.05, 4.69) is 26.3 Å². The van der Waals surface area contributed by atoms with E-state index in [0.717, 1.165) is 15.9 Å². The van der Waals surface area contributed by atoms with Crippen molar-refractivity contribution in [3.8, 4) is 11.5 Å². The summed E-state index contributed by atoms with van der Waals surface area (Å²) in [4.78, 5) is 12.9. The average molecular weight is 449 g/mol. The molecular weight excluding hydrogens is 428 g/mol. The van der Waals surface area contributed by atoms with E-state index in [-0.39, 0.29) is 18.6 Å². The number of aromatic nitrogens is 3. The number of amides is 1. The molecule has 1 unspecified atom stereocenters. The van der Waals surface area contributed by atoms with E-state index in [9.17, 15) is 9.90 Å². The van der Waals surface area contributed by atoms with Gasteiger partial charge >= 0.3 is 0 Å². The molecule has 2 heterocycles. The van der Waals surface area contributed by atoms with Crippen LogP contribution in [0.1, 0.15) is 16.8 Å². The van der Waals surface area contributed by atoms with Crippen LogP contribution in [0.4, 0.5) is 0 Å². The van der Waals surface area contributed by atoms with Gasteiger partial charge in [0.05, 0.1) is 24.5 Å². The van der Waals surface area contributed by atoms with Crippen LogP contribution in [0.5, 0.6) is 0 Å². The van der Waals surface area contributed by atoms with Gasteiger partial charge in [-0.1, -0.05) is 15.9 Å². The number of nitrogens with one attached hydrogen (secondary N) is 1. The maximum Gasteiger partial charge on any atom is 0.257 e. The summed E-state index contributed by atoms with van der Waals surface area (Å²) >= 11 is 5.12. The van der Waals surface area contributed by atoms with Crippen molar-refractivity contribution < 1.29 is 9.90 Å². The average Bonchev–Trinajstić information content (AvgIpc) is 3.34. The van der Waals surface area contributed by atoms with E-state index in [4.69, 9.17) is 0 Å². The van der Waals surface area contributed by atoms with Crippen LogP contribution in [0, 0.1) is 0 Å². The van der Waals surface area contributed by atoms with E-state index in [1.54, 1.807) is 22.6 Å². The van der Waals surface area contributed by atoms with E-state index in [1.165, 1.54) is 0 Å². The van der Waals surface area contributed by atoms with E-state index >= 15 is 0 Å². The fourth-order valence-corrected chi connectivity index (χ4v) is 3.51. The minimum Gasteiger partial charge on any atom is -0.394 e. The molecule has 0 saturated heterocycles. The number of carbonyl (C=O) groups excluding carboxylic acids is 1. The van der Waals surface area contributed by atoms with E-state index in [0.29, 0.717) is 17.8 Å². The summed E-state index contributed by atoms with van der Waals surface area (Å²) in [6.07, 6.45) is 8.03. The van der Waals surface area contributed by atoms with Crippen molar-refractivity contribution in [2.24, 2.45) is 0 Å². The molecule has 0 aliphatic carbocycles. The second kappa shape index (κ2) is 9.25. The van der Waals surface area contributed by atoms with Crippen molar-refractivity contribution in [2.75, 3.05) is 18.6 Å². The van der Waals surface area contributed by atoms with Crippen LogP contribution >= 0.6 is 27.7 Å². The fourth-order valence-electron chi connectivity index (χ4n) is 2.73. The summed E-state index contributed by atoms with van der Waals surface area (Å²) in [6, 6.07) is 11.2. The van der Waals surface area contributed by atoms with Gasteiger partial charge in [0.25, 0.3) is 5.91 Å². The lowest BCUT2D eigenvalue weighted by atomic mass is 10.2. The topological polar surface area (TPSA) is 72.1 Å². The van der Waals surface area contributed by atoms with Gasteiger partial charge in [-0.15, -0.1) is 0 Å². The molecule has 2 aromatic heterocycles. The molecule has 27 heavy (non-hydrogen) atoms. The molecule has 0 spiro atoms. The first-order valence-electron chi connectivity index (χ1n) is 8.52. The molecule has 8 heteroatoms. The Hall–Kier alpha value is -2.03. The van der Waals surface area contributed by atoms with Crippen LogP contribution in [-0.2, 0) is 0 Å². The number of hydrogen-bond acceptors (Lipinski definition) is 4. The Balaban J connectivity index is 1.96. The van der Waals surface area contributed by atoms with Crippen LogP contribution in [0.3, 0.4) is 0 Å². The van der Waals surface area contributed by atoms with Crippen LogP contribution < -0.4 is 5.32 Å². The first-order valence-corrected chi connectivity index (χ1v) is 10.7. The second-order valence-corrected chi connectivity index (χ2v) is 7.90. The van der Waals surface area contributed by atoms with Gasteiger partial charge in [-0.2, -0.15) is 16.9 Å². The molecule has 2 N–H and O–H groups in total. The molecule has 1 atom stereocenters. The maximum absolute atomic E-state index is 12.9. The molecule has 3 aromatic rings. The van der Waals surface area contributed by atoms with Gasteiger partial charge in [-0.05, 0) is 54.8 Å². The van der Waals surface area contributed by atoms with Gasteiger partial charge in [0.15, 0.2) is 5.82 Å². The zero-order chi connectivity index (χ0) is 19.2. The molecule has 0 bridgehead atoms. The number of nitrogens with zero attached hydrogens (tertiary/aromatic N) is 3. The SMILES string of the molecule is CSCCC(CO)NC(=O)c1cnn(-c2ccc(Br)cc2)c1-n1cccc1. The van der Waals surface area contributed by atoms with Crippen LogP contribution in [-0.4, -0.2) is 50.0 Å². The Morgan fingerprint density at radius 2 is 2.00 bits per heavy atom. The number of benzene rings is 1. The van der Waals surface area contributed by atoms with Crippen molar-refractivity contribution >= 4 is 33.6 Å². The highest BCUT2D eigenvalue weighted by Crippen LogP contribution is 2.21. The minimum absolute atomic E-state index is 0.0913. The van der Waals surface area contributed by atoms with Crippen LogP contribution in [0.15, 0.2) is 59.5 Å². The van der Waals surface area contributed by atoms with Gasteiger partial charge in [0.2, 0.25) is 0 Å². The van der Waals surface area contributed by atoms with Gasteiger partial charge in [-0.3, -0.25) is 4.79 Å². The third-order valence-electron chi connectivity index (χ3n) is 4.13. The summed E-state index contributed by atoms with van der Waals surface area (Å²) in [5.74, 6) is 1.28. The molecule has 0 radical (unpaired) electrons. The molecule has 1 amide bonds. The molecule has 3 rings (SSSR count). The normalized spacial score (nSPS) is 12.1. The summed E-state index contributed by atoms with van der Waals surface area (Å²) < 4.78 is 4.57. The highest BCUT2D eigenvalue weighted by atomic mass is 79.9. The molecule has 142 valence electrons. The number of thioether (sulfide) groups is 1. The molecule has 1 aromatic carbocycles. The van der Waals surface area contributed by atoms with Crippen molar-refractivity contribution in [2.45, 2.75) is 12.5 Å². The predicted octanol–water partition coefficient (Wildman–Crippen LogP) is 3.27. The number of aliphatic hydroxyl groups is 1. The fraction of sp³-hybridized carbons (Fsp3) is 0.263. The van der Waals surface area contributed by atoms with Crippen LogP contribution in [0.25, 0.3) is 11.5 Å². The minimum atomic E-state index is -0.279. The second-order valence-electron chi connectivity index (χ2n) is 5.99. The quantitative estimate of drug-likeness (QED) is 0.554. The molecular formula is C19H21BrN4O2S. The van der Waals surface area contributed by atoms with E-state index < -0.39 is 0 Å². The third kappa shape index (κ3) is 4.63. The number of hydrogen-bond donors (Lipinski definition) is 2. The number of halogens is 1. The lowest BCUT2D eigenvalue weighted by molar-refractivity contribution is 0.0915. The standard InChI is InChI=1S/C19H21BrN4O2S/c1-27-11-8-15(13-25)22-18(26)17-12-21-24(16-6-4-14(20)5-7-16)19(17)23-9-2-3-10-23/h2-7,9-10,12,15,25H,8,11,13H2,1H3,(H,22,26). The Morgan fingerprint density at radius 1 is 1.30 bits per heavy atom. The summed E-state index contributed by atoms with van der Waals surface area (Å²) in [6.45, 7) is -0.0913. The molecule has 0 saturated carbocycles. The van der Waals surface area contributed by atoms with Crippen LogP contribution in [0.2, 0.25) is 0 Å². The largest absolute Gasteiger partial charge is 0.394 e. The molecule has 0 fully saturated rings. The third-order valence-corrected chi connectivity index (χ3v) is 5.31. The first-order chi connectivity index (χ1) is 13.1. The molecule has 0 aliphatic heterocycles. The monoisotopic (exact) mass is 448 g/mol. The zero-order valence-electron chi connectivity index (χ0n) is 14.9. The van der Waals surface area contributed by atoms with Crippen molar-refractivity contribution in [1.29, 1.82) is 0 Å². The van der Waals surface area contributed by atoms with Crippen molar-refractivity contribution in [3.05, 3.63) is 65.0 Å². The molecule has 6 nitrogen and oxygen atoms in total. The predicted molar refractivity (Wildman–Crippen MR) is 112 cm³/mol. The zero-order valence-corrected chi connectivity index (χ0v) is 17.3. The van der Waals surface area contributed by atoms with Gasteiger partial charge in [0, 0.05) is 16.9 Å². The van der Waals surface area contributed by atoms with E-state index in [1.807, 2.05) is 59.6 Å². The summed E-state index contributed by atoms with van der Waals surface area (Å²) in [7, 11) is 0. The first kappa shape index (κ1) is 19.7. The lowest BCUT2D eigenvalue weighted by Gasteiger charge is -2.16. The van der Waals surface area contributed by atoms with Gasteiger partial charge in [-0.25, -0.2) is 4.68 Å². The van der Waals surface area contributed by atoms with Gasteiger partial charge in [0.1, 0.15) is 5.56 Å². The lowest BCUT2D eigenvalue weighted by Crippen LogP contribution is -2.38. The Bertz CT molecular complexity index is 878. The Kier molecular flexibility index (Phi) is 6.76. The molecule has 0 aliphatic rings. The van der Waals surface area contributed by atoms with Crippen molar-refractivity contribution in [3.63, 3.8) is 0 Å². The van der Waals surface area contributed by atoms with Crippen molar-refractivity contribution in [1.82, 2.24) is 19.7 Å². The highest BCUT2D eigenvalue weighted by Gasteiger charge is 2.22. The number of aliphatic hydroxyl groups excluding tert-OH is 1. The van der Waals surface area contributed by atoms with Gasteiger partial charge < -0.3 is 15.0 Å². The smallest absolute Gasteiger partial charge is 0.257 e. The Labute approximate surface area is 170 Å². The summed E-state index contributed by atoms with van der Waals surface area (Å²) in [5.41, 5.74) is 1.30. The summed E-state index contributed by atoms with van der Waals surface area (Å²) in [5, 5.41) is 16.9.